The third kappa shape index (κ3) is 13.2. The Hall–Kier alpha value is -1.66. The standard InChI is InChI=1S/C12H14ClNO4.C4H10O.2C2H6/c1-6-10(13)8(5-9(15)17-3)7(2)14-11(6)12(16)18-4;1-4(2,3)5;2*1-2/h5H2,1-4H3;5H,1-3H3;2*1-2H3. The van der Waals surface area contributed by atoms with Crippen molar-refractivity contribution in [3.63, 3.8) is 0 Å². The number of halogens is 1. The molecule has 1 N–H and O–H groups in total. The molecule has 0 fully saturated rings. The maximum Gasteiger partial charge on any atom is 0.356 e. The Balaban J connectivity index is -0.000000543. The van der Waals surface area contributed by atoms with Crippen LogP contribution in [-0.4, -0.2) is 41.8 Å². The monoisotopic (exact) mass is 405 g/mol. The molecule has 1 aromatic heterocycles. The van der Waals surface area contributed by atoms with Crippen LogP contribution in [0.25, 0.3) is 0 Å². The summed E-state index contributed by atoms with van der Waals surface area (Å²) in [4.78, 5) is 26.9. The first-order valence-electron chi connectivity index (χ1n) is 8.95. The second-order valence-electron chi connectivity index (χ2n) is 5.88. The van der Waals surface area contributed by atoms with Crippen LogP contribution in [0, 0.1) is 13.8 Å². The lowest BCUT2D eigenvalue weighted by molar-refractivity contribution is -0.139. The van der Waals surface area contributed by atoms with Crippen molar-refractivity contribution in [1.82, 2.24) is 4.98 Å². The van der Waals surface area contributed by atoms with Gasteiger partial charge in [0.1, 0.15) is 0 Å². The van der Waals surface area contributed by atoms with Crippen LogP contribution in [0.5, 0.6) is 0 Å². The molecule has 1 heterocycles. The molecular formula is C20H36ClNO5. The fourth-order valence-electron chi connectivity index (χ4n) is 1.53. The molecule has 0 bridgehead atoms. The van der Waals surface area contributed by atoms with E-state index in [9.17, 15) is 9.59 Å². The fraction of sp³-hybridized carbons (Fsp3) is 0.650. The summed E-state index contributed by atoms with van der Waals surface area (Å²) in [5.74, 6) is -0.964. The minimum absolute atomic E-state index is 0.0243. The van der Waals surface area contributed by atoms with Crippen molar-refractivity contribution in [2.24, 2.45) is 0 Å². The second-order valence-corrected chi connectivity index (χ2v) is 6.26. The molecular weight excluding hydrogens is 370 g/mol. The third-order valence-corrected chi connectivity index (χ3v) is 3.10. The zero-order valence-corrected chi connectivity index (χ0v) is 19.4. The minimum Gasteiger partial charge on any atom is -0.469 e. The van der Waals surface area contributed by atoms with Crippen LogP contribution < -0.4 is 0 Å². The normalized spacial score (nSPS) is 9.37. The molecule has 0 aromatic carbocycles. The highest BCUT2D eigenvalue weighted by Crippen LogP contribution is 2.26. The molecule has 0 aliphatic carbocycles. The number of nitrogens with zero attached hydrogens (tertiary/aromatic N) is 1. The van der Waals surface area contributed by atoms with Crippen molar-refractivity contribution in [2.75, 3.05) is 14.2 Å². The zero-order chi connectivity index (χ0) is 22.4. The Kier molecular flexibility index (Phi) is 17.2. The zero-order valence-electron chi connectivity index (χ0n) is 18.6. The number of aryl methyl sites for hydroxylation is 1. The van der Waals surface area contributed by atoms with Gasteiger partial charge in [-0.3, -0.25) is 4.79 Å². The highest BCUT2D eigenvalue weighted by atomic mass is 35.5. The number of rotatable bonds is 3. The molecule has 0 amide bonds. The Morgan fingerprint density at radius 1 is 1.04 bits per heavy atom. The summed E-state index contributed by atoms with van der Waals surface area (Å²) in [6, 6.07) is 0. The Morgan fingerprint density at radius 2 is 1.44 bits per heavy atom. The number of hydrogen-bond acceptors (Lipinski definition) is 6. The number of ether oxygens (including phenoxy) is 2. The van der Waals surface area contributed by atoms with E-state index >= 15 is 0 Å². The van der Waals surface area contributed by atoms with Gasteiger partial charge >= 0.3 is 11.9 Å². The summed E-state index contributed by atoms with van der Waals surface area (Å²) in [6.45, 7) is 16.6. The van der Waals surface area contributed by atoms with Gasteiger partial charge in [-0.05, 0) is 34.6 Å². The van der Waals surface area contributed by atoms with Gasteiger partial charge in [0, 0.05) is 16.8 Å². The van der Waals surface area contributed by atoms with E-state index in [1.807, 2.05) is 27.7 Å². The van der Waals surface area contributed by atoms with E-state index in [2.05, 4.69) is 14.5 Å². The summed E-state index contributed by atoms with van der Waals surface area (Å²) >= 11 is 6.15. The fourth-order valence-corrected chi connectivity index (χ4v) is 1.82. The first-order chi connectivity index (χ1) is 12.4. The number of aliphatic hydroxyl groups is 1. The predicted molar refractivity (Wildman–Crippen MR) is 110 cm³/mol. The van der Waals surface area contributed by atoms with Crippen LogP contribution in [0.15, 0.2) is 0 Å². The van der Waals surface area contributed by atoms with E-state index < -0.39 is 17.5 Å². The SMILES string of the molecule is CC.CC.CC(C)(C)O.COC(=O)Cc1c(C)nc(C(=O)OC)c(C)c1Cl. The van der Waals surface area contributed by atoms with Gasteiger partial charge in [0.15, 0.2) is 5.69 Å². The average molecular weight is 406 g/mol. The van der Waals surface area contributed by atoms with Crippen molar-refractivity contribution >= 4 is 23.5 Å². The largest absolute Gasteiger partial charge is 0.469 e. The Labute approximate surface area is 169 Å². The molecule has 0 spiro atoms. The van der Waals surface area contributed by atoms with E-state index in [1.165, 1.54) is 14.2 Å². The van der Waals surface area contributed by atoms with Crippen molar-refractivity contribution in [2.45, 2.75) is 74.3 Å². The molecule has 6 nitrogen and oxygen atoms in total. The Morgan fingerprint density at radius 3 is 1.78 bits per heavy atom. The van der Waals surface area contributed by atoms with E-state index in [-0.39, 0.29) is 12.1 Å². The summed E-state index contributed by atoms with van der Waals surface area (Å²) < 4.78 is 9.20. The van der Waals surface area contributed by atoms with Gasteiger partial charge < -0.3 is 14.6 Å². The summed E-state index contributed by atoms with van der Waals surface area (Å²) in [6.07, 6.45) is 0.0243. The van der Waals surface area contributed by atoms with E-state index in [1.54, 1.807) is 34.6 Å². The highest BCUT2D eigenvalue weighted by molar-refractivity contribution is 6.32. The number of carbonyl (C=O) groups excluding carboxylic acids is 2. The molecule has 0 atom stereocenters. The van der Waals surface area contributed by atoms with Crippen molar-refractivity contribution < 1.29 is 24.2 Å². The molecule has 0 aliphatic rings. The molecule has 158 valence electrons. The number of esters is 2. The highest BCUT2D eigenvalue weighted by Gasteiger charge is 2.20. The van der Waals surface area contributed by atoms with Crippen molar-refractivity contribution in [3.8, 4) is 0 Å². The lowest BCUT2D eigenvalue weighted by atomic mass is 10.1. The molecule has 7 heteroatoms. The van der Waals surface area contributed by atoms with Crippen LogP contribution in [0.4, 0.5) is 0 Å². The second kappa shape index (κ2) is 15.4. The lowest BCUT2D eigenvalue weighted by Crippen LogP contribution is -2.13. The molecule has 0 unspecified atom stereocenters. The average Bonchev–Trinajstić information content (AvgIpc) is 2.62. The quantitative estimate of drug-likeness (QED) is 0.734. The molecule has 27 heavy (non-hydrogen) atoms. The smallest absolute Gasteiger partial charge is 0.356 e. The van der Waals surface area contributed by atoms with Gasteiger partial charge in [0.2, 0.25) is 0 Å². The number of aromatic nitrogens is 1. The predicted octanol–water partition coefficient (Wildman–Crippen LogP) is 4.68. The maximum atomic E-state index is 11.5. The van der Waals surface area contributed by atoms with Gasteiger partial charge in [-0.25, -0.2) is 9.78 Å². The molecule has 0 saturated carbocycles. The van der Waals surface area contributed by atoms with Crippen LogP contribution in [-0.2, 0) is 20.7 Å². The number of methoxy groups -OCH3 is 2. The molecule has 0 radical (unpaired) electrons. The maximum absolute atomic E-state index is 11.5. The molecule has 0 aliphatic heterocycles. The summed E-state index contributed by atoms with van der Waals surface area (Å²) in [5.41, 5.74) is 1.23. The van der Waals surface area contributed by atoms with Gasteiger partial charge in [-0.15, -0.1) is 0 Å². The first kappa shape index (κ1) is 30.1. The third-order valence-electron chi connectivity index (χ3n) is 2.59. The first-order valence-corrected chi connectivity index (χ1v) is 9.33. The van der Waals surface area contributed by atoms with Crippen LogP contribution in [0.1, 0.15) is 75.8 Å². The summed E-state index contributed by atoms with van der Waals surface area (Å²) in [7, 11) is 2.57. The molecule has 1 rings (SSSR count). The number of carbonyl (C=O) groups is 2. The topological polar surface area (TPSA) is 85.7 Å². The Bertz CT molecular complexity index is 575. The van der Waals surface area contributed by atoms with E-state index in [0.717, 1.165) is 0 Å². The molecule has 1 aromatic rings. The van der Waals surface area contributed by atoms with Crippen molar-refractivity contribution in [3.05, 3.63) is 27.5 Å². The van der Waals surface area contributed by atoms with Crippen molar-refractivity contribution in [1.29, 1.82) is 0 Å². The van der Waals surface area contributed by atoms with Crippen LogP contribution in [0.2, 0.25) is 5.02 Å². The van der Waals surface area contributed by atoms with Gasteiger partial charge in [-0.2, -0.15) is 0 Å². The lowest BCUT2D eigenvalue weighted by Gasteiger charge is -2.12. The summed E-state index contributed by atoms with van der Waals surface area (Å²) in [5, 5.41) is 8.86. The van der Waals surface area contributed by atoms with E-state index in [4.69, 9.17) is 16.7 Å². The van der Waals surface area contributed by atoms with E-state index in [0.29, 0.717) is 21.8 Å². The van der Waals surface area contributed by atoms with Crippen LogP contribution in [0.3, 0.4) is 0 Å². The van der Waals surface area contributed by atoms with Crippen LogP contribution >= 0.6 is 11.6 Å². The van der Waals surface area contributed by atoms with Gasteiger partial charge in [-0.1, -0.05) is 39.3 Å². The molecule has 0 saturated heterocycles. The number of hydrogen-bond donors (Lipinski definition) is 1. The van der Waals surface area contributed by atoms with Gasteiger partial charge in [0.05, 0.1) is 31.3 Å². The van der Waals surface area contributed by atoms with Gasteiger partial charge in [0.25, 0.3) is 0 Å². The minimum atomic E-state index is -0.554. The number of pyridine rings is 1.